The van der Waals surface area contributed by atoms with E-state index in [1.165, 1.54) is 0 Å². The zero-order valence-electron chi connectivity index (χ0n) is 9.12. The van der Waals surface area contributed by atoms with Crippen LogP contribution >= 0.6 is 0 Å². The van der Waals surface area contributed by atoms with Crippen molar-refractivity contribution in [2.24, 2.45) is 0 Å². The summed E-state index contributed by atoms with van der Waals surface area (Å²) in [5.74, 6) is -0.0280. The van der Waals surface area contributed by atoms with Crippen molar-refractivity contribution in [3.05, 3.63) is 29.6 Å². The Balaban J connectivity index is 2.09. The summed E-state index contributed by atoms with van der Waals surface area (Å²) in [6.45, 7) is 2.79. The average molecular weight is 217 g/mol. The topological polar surface area (TPSA) is 54.0 Å². The summed E-state index contributed by atoms with van der Waals surface area (Å²) < 4.78 is 0. The van der Waals surface area contributed by atoms with Crippen LogP contribution in [0, 0.1) is 0 Å². The van der Waals surface area contributed by atoms with E-state index in [1.54, 1.807) is 6.20 Å². The number of pyridine rings is 1. The van der Waals surface area contributed by atoms with Crippen LogP contribution in [0.4, 0.5) is 0 Å². The van der Waals surface area contributed by atoms with Crippen molar-refractivity contribution in [3.63, 3.8) is 0 Å². The number of hydrogen-bond donors (Lipinski definition) is 2. The van der Waals surface area contributed by atoms with E-state index in [2.05, 4.69) is 21.7 Å². The molecule has 84 valence electrons. The standard InChI is InChI=1S/C12H15N3O/c16-11-10-9(2-1-5-14-10)12(8-15-11)3-6-13-7-4-12/h1-2,5,13H,3-4,6-8H2,(H,15,16). The molecule has 0 aromatic carbocycles. The smallest absolute Gasteiger partial charge is 0.270 e. The van der Waals surface area contributed by atoms with E-state index in [-0.39, 0.29) is 11.3 Å². The molecule has 1 aromatic heterocycles. The first kappa shape index (κ1) is 9.78. The second-order valence-corrected chi connectivity index (χ2v) is 4.61. The molecule has 2 aliphatic heterocycles. The average Bonchev–Trinajstić information content (AvgIpc) is 2.36. The third-order valence-electron chi connectivity index (χ3n) is 3.74. The molecule has 1 aromatic rings. The third kappa shape index (κ3) is 1.33. The van der Waals surface area contributed by atoms with Crippen LogP contribution in [-0.4, -0.2) is 30.5 Å². The van der Waals surface area contributed by atoms with Gasteiger partial charge in [-0.25, -0.2) is 0 Å². The normalized spacial score (nSPS) is 22.6. The molecule has 0 bridgehead atoms. The molecule has 1 saturated heterocycles. The molecule has 3 rings (SSSR count). The van der Waals surface area contributed by atoms with E-state index in [0.29, 0.717) is 5.69 Å². The number of fused-ring (bicyclic) bond motifs is 2. The first-order valence-electron chi connectivity index (χ1n) is 5.76. The van der Waals surface area contributed by atoms with Crippen molar-refractivity contribution in [1.29, 1.82) is 0 Å². The van der Waals surface area contributed by atoms with E-state index in [0.717, 1.165) is 38.0 Å². The zero-order valence-corrected chi connectivity index (χ0v) is 9.12. The Bertz CT molecular complexity index is 424. The fourth-order valence-corrected chi connectivity index (χ4v) is 2.79. The summed E-state index contributed by atoms with van der Waals surface area (Å²) in [6.07, 6.45) is 3.84. The molecule has 2 aliphatic rings. The van der Waals surface area contributed by atoms with Crippen LogP contribution in [0.2, 0.25) is 0 Å². The van der Waals surface area contributed by atoms with Crippen molar-refractivity contribution < 1.29 is 4.79 Å². The van der Waals surface area contributed by atoms with E-state index >= 15 is 0 Å². The number of nitrogens with one attached hydrogen (secondary N) is 2. The molecule has 0 aliphatic carbocycles. The Morgan fingerprint density at radius 1 is 1.31 bits per heavy atom. The van der Waals surface area contributed by atoms with Crippen LogP contribution in [0.25, 0.3) is 0 Å². The highest BCUT2D eigenvalue weighted by molar-refractivity contribution is 5.95. The van der Waals surface area contributed by atoms with Crippen LogP contribution in [0.3, 0.4) is 0 Å². The van der Waals surface area contributed by atoms with E-state index < -0.39 is 0 Å². The SMILES string of the molecule is O=C1NCC2(CCNCC2)c2cccnc21. The van der Waals surface area contributed by atoms with Crippen molar-refractivity contribution in [2.75, 3.05) is 19.6 Å². The molecule has 0 unspecified atom stereocenters. The minimum atomic E-state index is -0.0280. The molecule has 4 heteroatoms. The molecule has 1 amide bonds. The van der Waals surface area contributed by atoms with Gasteiger partial charge >= 0.3 is 0 Å². The maximum atomic E-state index is 11.7. The molecule has 3 heterocycles. The van der Waals surface area contributed by atoms with Gasteiger partial charge in [0, 0.05) is 18.2 Å². The van der Waals surface area contributed by atoms with Gasteiger partial charge in [0.15, 0.2) is 0 Å². The molecule has 0 atom stereocenters. The van der Waals surface area contributed by atoms with Gasteiger partial charge < -0.3 is 10.6 Å². The summed E-state index contributed by atoms with van der Waals surface area (Å²) >= 11 is 0. The fourth-order valence-electron chi connectivity index (χ4n) is 2.79. The molecule has 16 heavy (non-hydrogen) atoms. The fraction of sp³-hybridized carbons (Fsp3) is 0.500. The Hall–Kier alpha value is -1.42. The molecule has 2 N–H and O–H groups in total. The Labute approximate surface area is 94.5 Å². The molecule has 1 fully saturated rings. The Morgan fingerprint density at radius 3 is 2.94 bits per heavy atom. The second kappa shape index (κ2) is 3.56. The first-order chi connectivity index (χ1) is 7.82. The number of carbonyl (C=O) groups is 1. The summed E-state index contributed by atoms with van der Waals surface area (Å²) in [7, 11) is 0. The number of rotatable bonds is 0. The van der Waals surface area contributed by atoms with Crippen LogP contribution < -0.4 is 10.6 Å². The highest BCUT2D eigenvalue weighted by Gasteiger charge is 2.40. The minimum absolute atomic E-state index is 0.0280. The van der Waals surface area contributed by atoms with Crippen molar-refractivity contribution in [2.45, 2.75) is 18.3 Å². The van der Waals surface area contributed by atoms with Crippen molar-refractivity contribution in [1.82, 2.24) is 15.6 Å². The van der Waals surface area contributed by atoms with E-state index in [9.17, 15) is 4.79 Å². The van der Waals surface area contributed by atoms with Gasteiger partial charge in [-0.3, -0.25) is 9.78 Å². The lowest BCUT2D eigenvalue weighted by atomic mass is 9.71. The number of piperidine rings is 1. The van der Waals surface area contributed by atoms with Gasteiger partial charge in [0.25, 0.3) is 5.91 Å². The van der Waals surface area contributed by atoms with Gasteiger partial charge in [-0.15, -0.1) is 0 Å². The quantitative estimate of drug-likeness (QED) is 0.663. The molecule has 1 spiro atoms. The predicted octanol–water partition coefficient (Wildman–Crippen LogP) is 0.446. The minimum Gasteiger partial charge on any atom is -0.350 e. The van der Waals surface area contributed by atoms with Gasteiger partial charge in [0.05, 0.1) is 0 Å². The number of hydrogen-bond acceptors (Lipinski definition) is 3. The van der Waals surface area contributed by atoms with Crippen LogP contribution in [0.1, 0.15) is 28.9 Å². The molecule has 4 nitrogen and oxygen atoms in total. The molecular formula is C12H15N3O. The van der Waals surface area contributed by atoms with Crippen LogP contribution in [0.15, 0.2) is 18.3 Å². The predicted molar refractivity (Wildman–Crippen MR) is 60.4 cm³/mol. The Kier molecular flexibility index (Phi) is 2.17. The van der Waals surface area contributed by atoms with Crippen LogP contribution in [0.5, 0.6) is 0 Å². The molecule has 0 radical (unpaired) electrons. The lowest BCUT2D eigenvalue weighted by molar-refractivity contribution is 0.0908. The summed E-state index contributed by atoms with van der Waals surface area (Å²) in [4.78, 5) is 15.9. The summed E-state index contributed by atoms with van der Waals surface area (Å²) in [5, 5.41) is 6.33. The van der Waals surface area contributed by atoms with Gasteiger partial charge in [0.2, 0.25) is 0 Å². The zero-order chi connectivity index (χ0) is 11.0. The highest BCUT2D eigenvalue weighted by atomic mass is 16.1. The van der Waals surface area contributed by atoms with Gasteiger partial charge in [-0.05, 0) is 37.6 Å². The monoisotopic (exact) mass is 217 g/mol. The first-order valence-corrected chi connectivity index (χ1v) is 5.76. The maximum absolute atomic E-state index is 11.7. The Morgan fingerprint density at radius 2 is 2.12 bits per heavy atom. The van der Waals surface area contributed by atoms with E-state index in [1.807, 2.05) is 6.07 Å². The highest BCUT2D eigenvalue weighted by Crippen LogP contribution is 2.36. The molecular weight excluding hydrogens is 202 g/mol. The van der Waals surface area contributed by atoms with Gasteiger partial charge in [-0.2, -0.15) is 0 Å². The number of carbonyl (C=O) groups excluding carboxylic acids is 1. The van der Waals surface area contributed by atoms with Gasteiger partial charge in [0.1, 0.15) is 5.69 Å². The largest absolute Gasteiger partial charge is 0.350 e. The van der Waals surface area contributed by atoms with Gasteiger partial charge in [-0.1, -0.05) is 6.07 Å². The van der Waals surface area contributed by atoms with Crippen molar-refractivity contribution in [3.8, 4) is 0 Å². The summed E-state index contributed by atoms with van der Waals surface area (Å²) in [6, 6.07) is 3.99. The number of aromatic nitrogens is 1. The van der Waals surface area contributed by atoms with E-state index in [4.69, 9.17) is 0 Å². The lowest BCUT2D eigenvalue weighted by Gasteiger charge is -2.41. The number of nitrogens with zero attached hydrogens (tertiary/aromatic N) is 1. The maximum Gasteiger partial charge on any atom is 0.270 e. The third-order valence-corrected chi connectivity index (χ3v) is 3.74. The summed E-state index contributed by atoms with van der Waals surface area (Å²) in [5.41, 5.74) is 1.87. The van der Waals surface area contributed by atoms with Crippen molar-refractivity contribution >= 4 is 5.91 Å². The number of amides is 1. The second-order valence-electron chi connectivity index (χ2n) is 4.61. The van der Waals surface area contributed by atoms with Crippen LogP contribution in [-0.2, 0) is 5.41 Å². The lowest BCUT2D eigenvalue weighted by Crippen LogP contribution is -2.52. The molecule has 0 saturated carbocycles.